The van der Waals surface area contributed by atoms with Crippen LogP contribution in [0.3, 0.4) is 0 Å². The second kappa shape index (κ2) is 7.33. The van der Waals surface area contributed by atoms with Crippen LogP contribution in [0.25, 0.3) is 5.69 Å². The van der Waals surface area contributed by atoms with Crippen LogP contribution >= 0.6 is 12.4 Å². The second-order valence-corrected chi connectivity index (χ2v) is 4.66. The Morgan fingerprint density at radius 2 is 2.00 bits per heavy atom. The molecule has 120 valence electrons. The summed E-state index contributed by atoms with van der Waals surface area (Å²) in [6.07, 6.45) is 0. The van der Waals surface area contributed by atoms with Crippen molar-refractivity contribution in [3.05, 3.63) is 47.8 Å². The van der Waals surface area contributed by atoms with E-state index >= 15 is 0 Å². The van der Waals surface area contributed by atoms with Crippen molar-refractivity contribution in [1.82, 2.24) is 15.1 Å². The van der Waals surface area contributed by atoms with Crippen molar-refractivity contribution in [2.45, 2.75) is 12.8 Å². The molecule has 8 heteroatoms. The number of aryl methyl sites for hydroxylation is 1. The van der Waals surface area contributed by atoms with Gasteiger partial charge >= 0.3 is 0 Å². The topological polar surface area (TPSA) is 72.9 Å². The van der Waals surface area contributed by atoms with Crippen LogP contribution in [0.2, 0.25) is 0 Å². The number of halogens is 3. The Morgan fingerprint density at radius 3 is 2.59 bits per heavy atom. The van der Waals surface area contributed by atoms with E-state index in [1.807, 2.05) is 30.3 Å². The van der Waals surface area contributed by atoms with Gasteiger partial charge in [-0.15, -0.1) is 12.4 Å². The summed E-state index contributed by atoms with van der Waals surface area (Å²) in [7, 11) is 0. The molecule has 0 saturated heterocycles. The van der Waals surface area contributed by atoms with E-state index in [1.165, 1.54) is 0 Å². The van der Waals surface area contributed by atoms with Gasteiger partial charge in [-0.1, -0.05) is 18.2 Å². The summed E-state index contributed by atoms with van der Waals surface area (Å²) in [4.78, 5) is 11.8. The van der Waals surface area contributed by atoms with Gasteiger partial charge in [0, 0.05) is 5.69 Å². The summed E-state index contributed by atoms with van der Waals surface area (Å²) in [5, 5.41) is 6.27. The first kappa shape index (κ1) is 18.1. The fraction of sp³-hybridized carbons (Fsp3) is 0.286. The van der Waals surface area contributed by atoms with Gasteiger partial charge in [0.15, 0.2) is 5.69 Å². The van der Waals surface area contributed by atoms with Crippen molar-refractivity contribution in [3.63, 3.8) is 0 Å². The first-order chi connectivity index (χ1) is 9.93. The van der Waals surface area contributed by atoms with Crippen molar-refractivity contribution < 1.29 is 13.6 Å². The fourth-order valence-electron chi connectivity index (χ4n) is 1.79. The number of hydrogen-bond donors (Lipinski definition) is 2. The van der Waals surface area contributed by atoms with Crippen molar-refractivity contribution in [2.24, 2.45) is 5.73 Å². The lowest BCUT2D eigenvalue weighted by molar-refractivity contribution is 0.0118. The predicted octanol–water partition coefficient (Wildman–Crippen LogP) is 1.93. The molecule has 0 aliphatic rings. The number of hydrogen-bond acceptors (Lipinski definition) is 3. The largest absolute Gasteiger partial charge is 0.345 e. The van der Waals surface area contributed by atoms with E-state index in [-0.39, 0.29) is 18.1 Å². The molecule has 1 amide bonds. The zero-order valence-corrected chi connectivity index (χ0v) is 12.7. The lowest BCUT2D eigenvalue weighted by atomic mass is 10.3. The Balaban J connectivity index is 0.00000242. The number of nitrogens with one attached hydrogen (secondary N) is 1. The average Bonchev–Trinajstić information content (AvgIpc) is 2.88. The number of rotatable bonds is 5. The summed E-state index contributed by atoms with van der Waals surface area (Å²) in [6, 6.07) is 10.8. The van der Waals surface area contributed by atoms with Crippen LogP contribution in [-0.2, 0) is 0 Å². The van der Waals surface area contributed by atoms with E-state index in [4.69, 9.17) is 5.73 Å². The molecule has 0 aliphatic heterocycles. The molecule has 2 aromatic rings. The first-order valence-corrected chi connectivity index (χ1v) is 6.41. The van der Waals surface area contributed by atoms with Gasteiger partial charge in [0.05, 0.1) is 18.8 Å². The van der Waals surface area contributed by atoms with Crippen molar-refractivity contribution >= 4 is 18.3 Å². The van der Waals surface area contributed by atoms with Crippen LogP contribution in [-0.4, -0.2) is 34.7 Å². The molecule has 0 unspecified atom stereocenters. The van der Waals surface area contributed by atoms with Gasteiger partial charge < -0.3 is 11.1 Å². The Kier molecular flexibility index (Phi) is 6.01. The van der Waals surface area contributed by atoms with Crippen LogP contribution in [0.15, 0.2) is 36.4 Å². The average molecular weight is 331 g/mol. The van der Waals surface area contributed by atoms with E-state index in [9.17, 15) is 13.6 Å². The normalized spacial score (nSPS) is 10.9. The van der Waals surface area contributed by atoms with Gasteiger partial charge in [-0.25, -0.2) is 13.5 Å². The van der Waals surface area contributed by atoms with E-state index < -0.39 is 24.9 Å². The van der Waals surface area contributed by atoms with Crippen LogP contribution in [0.1, 0.15) is 16.2 Å². The van der Waals surface area contributed by atoms with Gasteiger partial charge in [-0.05, 0) is 25.1 Å². The van der Waals surface area contributed by atoms with Gasteiger partial charge in [-0.3, -0.25) is 4.79 Å². The molecular weight excluding hydrogens is 314 g/mol. The third-order valence-corrected chi connectivity index (χ3v) is 2.93. The molecule has 0 saturated carbocycles. The number of nitrogens with two attached hydrogens (primary N) is 1. The molecule has 1 heterocycles. The number of benzene rings is 1. The first-order valence-electron chi connectivity index (χ1n) is 6.41. The molecule has 0 fully saturated rings. The maximum Gasteiger partial charge on any atom is 0.277 e. The lowest BCUT2D eigenvalue weighted by Crippen LogP contribution is -2.41. The van der Waals surface area contributed by atoms with E-state index in [0.29, 0.717) is 0 Å². The highest BCUT2D eigenvalue weighted by molar-refractivity contribution is 5.92. The smallest absolute Gasteiger partial charge is 0.277 e. The summed E-state index contributed by atoms with van der Waals surface area (Å²) in [5.74, 6) is -3.77. The standard InChI is InChI=1S/C14H16F2N4O.ClH/c1-10-7-12(13(21)18-9-14(15,16)8-17)19-20(10)11-5-3-2-4-6-11;/h2-7H,8-9,17H2,1H3,(H,18,21);1H. The molecule has 0 bridgehead atoms. The fourth-order valence-corrected chi connectivity index (χ4v) is 1.79. The number of carbonyl (C=O) groups excluding carboxylic acids is 1. The summed E-state index contributed by atoms with van der Waals surface area (Å²) in [5.41, 5.74) is 6.53. The maximum atomic E-state index is 13.0. The van der Waals surface area contributed by atoms with Crippen molar-refractivity contribution in [3.8, 4) is 5.69 Å². The van der Waals surface area contributed by atoms with E-state index in [1.54, 1.807) is 17.7 Å². The molecule has 0 radical (unpaired) electrons. The number of carbonyl (C=O) groups is 1. The SMILES string of the molecule is Cc1cc(C(=O)NCC(F)(F)CN)nn1-c1ccccc1.Cl. The molecule has 2 rings (SSSR count). The number of alkyl halides is 2. The van der Waals surface area contributed by atoms with Crippen molar-refractivity contribution in [2.75, 3.05) is 13.1 Å². The van der Waals surface area contributed by atoms with Gasteiger partial charge in [0.1, 0.15) is 0 Å². The lowest BCUT2D eigenvalue weighted by Gasteiger charge is -2.13. The van der Waals surface area contributed by atoms with Gasteiger partial charge in [-0.2, -0.15) is 5.10 Å². The predicted molar refractivity (Wildman–Crippen MR) is 81.9 cm³/mol. The number of nitrogens with zero attached hydrogens (tertiary/aromatic N) is 2. The summed E-state index contributed by atoms with van der Waals surface area (Å²) >= 11 is 0. The highest BCUT2D eigenvalue weighted by Crippen LogP contribution is 2.13. The molecule has 1 aromatic carbocycles. The number of amides is 1. The molecule has 0 aliphatic carbocycles. The van der Waals surface area contributed by atoms with Gasteiger partial charge in [0.25, 0.3) is 11.8 Å². The van der Waals surface area contributed by atoms with Crippen molar-refractivity contribution in [1.29, 1.82) is 0 Å². The monoisotopic (exact) mass is 330 g/mol. The van der Waals surface area contributed by atoms with Gasteiger partial charge in [0.2, 0.25) is 0 Å². The third kappa shape index (κ3) is 4.25. The molecular formula is C14H17ClF2N4O. The van der Waals surface area contributed by atoms with E-state index in [0.717, 1.165) is 11.4 Å². The maximum absolute atomic E-state index is 13.0. The van der Waals surface area contributed by atoms with Crippen LogP contribution in [0.4, 0.5) is 8.78 Å². The zero-order valence-electron chi connectivity index (χ0n) is 11.9. The minimum absolute atomic E-state index is 0. The Hall–Kier alpha value is -1.99. The molecule has 0 spiro atoms. The summed E-state index contributed by atoms with van der Waals surface area (Å²) in [6.45, 7) is 0.162. The Labute approximate surface area is 132 Å². The quantitative estimate of drug-likeness (QED) is 0.879. The summed E-state index contributed by atoms with van der Waals surface area (Å²) < 4.78 is 27.6. The van der Waals surface area contributed by atoms with Crippen LogP contribution in [0.5, 0.6) is 0 Å². The molecule has 22 heavy (non-hydrogen) atoms. The number of aromatic nitrogens is 2. The molecule has 3 N–H and O–H groups in total. The third-order valence-electron chi connectivity index (χ3n) is 2.93. The highest BCUT2D eigenvalue weighted by atomic mass is 35.5. The number of para-hydroxylation sites is 1. The van der Waals surface area contributed by atoms with Crippen LogP contribution in [0, 0.1) is 6.92 Å². The Bertz CT molecular complexity index is 631. The minimum Gasteiger partial charge on any atom is -0.345 e. The zero-order chi connectivity index (χ0) is 15.5. The Morgan fingerprint density at radius 1 is 1.36 bits per heavy atom. The molecule has 1 aromatic heterocycles. The highest BCUT2D eigenvalue weighted by Gasteiger charge is 2.27. The van der Waals surface area contributed by atoms with Crippen LogP contribution < -0.4 is 11.1 Å². The van der Waals surface area contributed by atoms with E-state index in [2.05, 4.69) is 10.4 Å². The second-order valence-electron chi connectivity index (χ2n) is 4.66. The molecule has 5 nitrogen and oxygen atoms in total. The minimum atomic E-state index is -3.12. The molecule has 0 atom stereocenters.